The Morgan fingerprint density at radius 1 is 0.526 bits per heavy atom. The molecule has 3 aliphatic rings. The van der Waals surface area contributed by atoms with Crippen molar-refractivity contribution in [3.63, 3.8) is 0 Å². The number of anilines is 3. The van der Waals surface area contributed by atoms with E-state index in [1.54, 1.807) is 60.7 Å². The predicted molar refractivity (Wildman–Crippen MR) is 288 cm³/mol. The van der Waals surface area contributed by atoms with Gasteiger partial charge in [0.05, 0.1) is 38.5 Å². The molecule has 3 aliphatic heterocycles. The molecule has 3 fully saturated rings. The molecule has 0 radical (unpaired) electrons. The van der Waals surface area contributed by atoms with Crippen molar-refractivity contribution in [3.8, 4) is 11.3 Å². The Morgan fingerprint density at radius 3 is 1.51 bits per heavy atom. The van der Waals surface area contributed by atoms with Crippen molar-refractivity contribution in [2.24, 2.45) is 0 Å². The van der Waals surface area contributed by atoms with Crippen molar-refractivity contribution in [3.05, 3.63) is 210 Å². The molecule has 3 saturated heterocycles. The molecule has 6 heterocycles. The molecule has 10 rings (SSSR count). The number of nitro benzene ring substituents is 1. The van der Waals surface area contributed by atoms with Crippen LogP contribution >= 0.6 is 56.5 Å². The van der Waals surface area contributed by atoms with Crippen molar-refractivity contribution < 1.29 is 65.5 Å². The lowest BCUT2D eigenvalue weighted by atomic mass is 10.1. The first-order valence-corrected chi connectivity index (χ1v) is 24.6. The van der Waals surface area contributed by atoms with Crippen molar-refractivity contribution >= 4 is 144 Å². The number of nitrogens with one attached hydrogen (secondary N) is 3. The Balaban J connectivity index is 0.000000155. The average molecular weight is 1310 g/mol. The van der Waals surface area contributed by atoms with Gasteiger partial charge < -0.3 is 8.83 Å². The number of nitrogens with zero attached hydrogens (tertiary/aromatic N) is 6. The maximum atomic E-state index is 12.8. The lowest BCUT2D eigenvalue weighted by Crippen LogP contribution is -2.35. The van der Waals surface area contributed by atoms with Crippen LogP contribution < -0.4 is 31.3 Å². The minimum atomic E-state index is -4.60. The van der Waals surface area contributed by atoms with E-state index in [4.69, 9.17) is 8.83 Å². The van der Waals surface area contributed by atoms with E-state index in [9.17, 15) is 72.3 Å². The van der Waals surface area contributed by atoms with Crippen molar-refractivity contribution in [1.82, 2.24) is 16.3 Å². The van der Waals surface area contributed by atoms with E-state index in [0.29, 0.717) is 32.6 Å². The van der Waals surface area contributed by atoms with Crippen LogP contribution in [0.5, 0.6) is 0 Å². The van der Waals surface area contributed by atoms with Crippen LogP contribution in [0, 0.1) is 37.5 Å². The summed E-state index contributed by atoms with van der Waals surface area (Å²) in [5.74, 6) is -3.60. The number of non-ortho nitro benzene ring substituents is 1. The molecule has 0 spiro atoms. The predicted octanol–water partition coefficient (Wildman–Crippen LogP) is 9.31. The number of carbonyl (C=O) groups is 6. The third-order valence-electron chi connectivity index (χ3n) is 10.7. The highest BCUT2D eigenvalue weighted by molar-refractivity contribution is 14.1. The molecular formula is C49H28F3I2N9O14S. The van der Waals surface area contributed by atoms with Gasteiger partial charge >= 0.3 is 17.1 Å². The Morgan fingerprint density at radius 2 is 1.03 bits per heavy atom. The maximum Gasteiger partial charge on any atom is 0.433 e. The molecule has 7 aromatic rings. The van der Waals surface area contributed by atoms with Gasteiger partial charge in [0.1, 0.15) is 38.9 Å². The summed E-state index contributed by atoms with van der Waals surface area (Å²) >= 11 is 5.03. The normalized spacial score (nSPS) is 15.8. The minimum absolute atomic E-state index is 0.0552. The second-order valence-corrected chi connectivity index (χ2v) is 19.4. The fourth-order valence-electron chi connectivity index (χ4n) is 7.04. The quantitative estimate of drug-likeness (QED) is 0.0378. The lowest BCUT2D eigenvalue weighted by molar-refractivity contribution is -0.402. The Hall–Kier alpha value is -9.37. The number of hydrogen-bond donors (Lipinski definition) is 3. The van der Waals surface area contributed by atoms with Crippen molar-refractivity contribution in [2.75, 3.05) is 15.0 Å². The number of rotatable bonds is 10. The van der Waals surface area contributed by atoms with E-state index in [1.807, 2.05) is 12.1 Å². The zero-order valence-corrected chi connectivity index (χ0v) is 43.8. The summed E-state index contributed by atoms with van der Waals surface area (Å²) in [5.41, 5.74) is 6.98. The molecule has 6 amide bonds. The van der Waals surface area contributed by atoms with E-state index >= 15 is 0 Å². The van der Waals surface area contributed by atoms with Gasteiger partial charge in [0.25, 0.3) is 41.1 Å². The standard InChI is InChI=1S/C20H12IN3O5.C15H8F3N3O4S.C14H8IN3O5/c21-13-4-6-14(7-5-13)23-20(26)17(19(25)22-23)11-16-8-9-18(29-16)12-2-1-3-15(10-12)24(27)28;16-15(17,18)8-2-1-3-9(6-8)20-14(23)11(13(22)19-20)7-10-4-5-12(26-10)21(24)25;15-8-1-3-9(4-2-8)17-14(20)11(13(19)16-17)7-10-5-6-12(23-10)18(21)22/h1-11H,(H,22,25);1-7H,(H,19,22);1-7H,(H,16,19)/b17-11+;2*11-7+. The molecule has 78 heavy (non-hydrogen) atoms. The molecule has 0 saturated carbocycles. The first-order valence-electron chi connectivity index (χ1n) is 21.7. The number of nitro groups is 3. The van der Waals surface area contributed by atoms with E-state index in [1.165, 1.54) is 53.6 Å². The first-order chi connectivity index (χ1) is 37.0. The summed E-state index contributed by atoms with van der Waals surface area (Å²) in [6.45, 7) is 0. The van der Waals surface area contributed by atoms with Gasteiger partial charge in [-0.15, -0.1) is 0 Å². The van der Waals surface area contributed by atoms with Crippen LogP contribution in [0.2, 0.25) is 0 Å². The molecule has 394 valence electrons. The minimum Gasteiger partial charge on any atom is -0.457 e. The summed E-state index contributed by atoms with van der Waals surface area (Å²) in [7, 11) is 0. The fourth-order valence-corrected chi connectivity index (χ4v) is 8.52. The highest BCUT2D eigenvalue weighted by atomic mass is 127. The second-order valence-electron chi connectivity index (χ2n) is 15.8. The summed E-state index contributed by atoms with van der Waals surface area (Å²) < 4.78 is 51.0. The SMILES string of the molecule is O=C1NN(c2ccc(I)cc2)C(=O)/C1=C/c1ccc(-c2cccc([N+](=O)[O-])c2)o1.O=C1NN(c2ccc(I)cc2)C(=O)/C1=C/c1ccc([N+](=O)[O-])o1.O=C1NN(c2cccc(C(F)(F)F)c2)C(=O)/C1=C/c1ccc([N+](=O)[O-])s1. The van der Waals surface area contributed by atoms with E-state index in [0.717, 1.165) is 53.8 Å². The maximum absolute atomic E-state index is 12.8. The highest BCUT2D eigenvalue weighted by Crippen LogP contribution is 2.34. The summed E-state index contributed by atoms with van der Waals surface area (Å²) in [4.78, 5) is 104. The van der Waals surface area contributed by atoms with Crippen LogP contribution in [0.4, 0.5) is 46.8 Å². The van der Waals surface area contributed by atoms with Crippen molar-refractivity contribution in [2.45, 2.75) is 6.18 Å². The Bertz CT molecular complexity index is 3720. The Kier molecular flexibility index (Phi) is 16.1. The lowest BCUT2D eigenvalue weighted by Gasteiger charge is -2.16. The molecular weight excluding hydrogens is 1280 g/mol. The van der Waals surface area contributed by atoms with Gasteiger partial charge in [-0.1, -0.05) is 29.5 Å². The van der Waals surface area contributed by atoms with Crippen LogP contribution in [0.25, 0.3) is 29.6 Å². The number of hydrazine groups is 3. The van der Waals surface area contributed by atoms with E-state index in [-0.39, 0.29) is 44.6 Å². The van der Waals surface area contributed by atoms with Crippen LogP contribution in [0.3, 0.4) is 0 Å². The number of amides is 6. The van der Waals surface area contributed by atoms with Gasteiger partial charge in [0.15, 0.2) is 0 Å². The van der Waals surface area contributed by atoms with Gasteiger partial charge in [0.2, 0.25) is 0 Å². The molecule has 4 aromatic carbocycles. The van der Waals surface area contributed by atoms with Crippen LogP contribution in [0.1, 0.15) is 22.0 Å². The monoisotopic (exact) mass is 1310 g/mol. The third-order valence-corrected chi connectivity index (χ3v) is 13.1. The van der Waals surface area contributed by atoms with Gasteiger partial charge in [-0.3, -0.25) is 75.4 Å². The van der Waals surface area contributed by atoms with Gasteiger partial charge in [-0.25, -0.2) is 15.0 Å². The second kappa shape index (κ2) is 22.8. The average Bonchev–Trinajstić information content (AvgIpc) is 4.35. The number of alkyl halides is 3. The first kappa shape index (κ1) is 54.9. The van der Waals surface area contributed by atoms with E-state index in [2.05, 4.69) is 61.5 Å². The van der Waals surface area contributed by atoms with Crippen LogP contribution in [-0.2, 0) is 34.9 Å². The Labute approximate surface area is 464 Å². The summed E-state index contributed by atoms with van der Waals surface area (Å²) in [6, 6.07) is 32.3. The molecule has 0 unspecified atom stereocenters. The number of furan rings is 2. The number of carbonyl (C=O) groups excluding carboxylic acids is 6. The summed E-state index contributed by atoms with van der Waals surface area (Å²) in [5, 5.41) is 35.0. The highest BCUT2D eigenvalue weighted by Gasteiger charge is 2.38. The summed E-state index contributed by atoms with van der Waals surface area (Å²) in [6.07, 6.45) is -0.914. The zero-order chi connectivity index (χ0) is 56.2. The number of hydrogen-bond acceptors (Lipinski definition) is 15. The van der Waals surface area contributed by atoms with Crippen molar-refractivity contribution in [1.29, 1.82) is 0 Å². The molecule has 3 N–H and O–H groups in total. The molecule has 3 aromatic heterocycles. The van der Waals surface area contributed by atoms with Gasteiger partial charge in [-0.2, -0.15) is 13.2 Å². The molecule has 23 nitrogen and oxygen atoms in total. The number of halogens is 5. The fraction of sp³-hybridized carbons (Fsp3) is 0.0204. The number of benzene rings is 4. The van der Waals surface area contributed by atoms with Crippen LogP contribution in [-0.4, -0.2) is 50.2 Å². The molecule has 29 heteroatoms. The molecule has 0 aliphatic carbocycles. The largest absolute Gasteiger partial charge is 0.457 e. The topological polar surface area (TPSA) is 304 Å². The third kappa shape index (κ3) is 12.5. The van der Waals surface area contributed by atoms with Gasteiger partial charge in [0, 0.05) is 35.8 Å². The number of thiophene rings is 1. The van der Waals surface area contributed by atoms with Gasteiger partial charge in [-0.05, 0) is 154 Å². The zero-order valence-electron chi connectivity index (χ0n) is 38.6. The van der Waals surface area contributed by atoms with E-state index < -0.39 is 67.8 Å². The molecule has 0 bridgehead atoms. The smallest absolute Gasteiger partial charge is 0.433 e. The van der Waals surface area contributed by atoms with Crippen LogP contribution in [0.15, 0.2) is 159 Å². The molecule has 0 atom stereocenters.